The number of anilines is 1. The molecule has 5 heteroatoms. The number of aryl methyl sites for hydroxylation is 1. The van der Waals surface area contributed by atoms with Gasteiger partial charge in [-0.05, 0) is 24.6 Å². The van der Waals surface area contributed by atoms with Crippen molar-refractivity contribution < 1.29 is 4.74 Å². The SMILES string of the molecule is COc1cc(C)ccc1-c1ncnc(N)n1. The van der Waals surface area contributed by atoms with Crippen molar-refractivity contribution in [3.8, 4) is 17.1 Å². The van der Waals surface area contributed by atoms with Crippen LogP contribution in [0.1, 0.15) is 5.56 Å². The van der Waals surface area contributed by atoms with Crippen LogP contribution < -0.4 is 10.5 Å². The van der Waals surface area contributed by atoms with E-state index in [2.05, 4.69) is 15.0 Å². The molecule has 0 saturated carbocycles. The van der Waals surface area contributed by atoms with Gasteiger partial charge in [-0.25, -0.2) is 9.97 Å². The molecule has 82 valence electrons. The van der Waals surface area contributed by atoms with Gasteiger partial charge in [0.2, 0.25) is 5.95 Å². The summed E-state index contributed by atoms with van der Waals surface area (Å²) in [5, 5.41) is 0. The number of methoxy groups -OCH3 is 1. The van der Waals surface area contributed by atoms with Crippen molar-refractivity contribution in [2.24, 2.45) is 0 Å². The Labute approximate surface area is 93.3 Å². The highest BCUT2D eigenvalue weighted by Crippen LogP contribution is 2.27. The first-order chi connectivity index (χ1) is 7.70. The number of benzene rings is 1. The van der Waals surface area contributed by atoms with Gasteiger partial charge in [-0.3, -0.25) is 0 Å². The molecule has 0 amide bonds. The maximum absolute atomic E-state index is 5.51. The van der Waals surface area contributed by atoms with Crippen molar-refractivity contribution in [2.45, 2.75) is 6.92 Å². The zero-order valence-corrected chi connectivity index (χ0v) is 9.14. The standard InChI is InChI=1S/C11H12N4O/c1-7-3-4-8(9(5-7)16-2)10-13-6-14-11(12)15-10/h3-6H,1-2H3,(H2,12,13,14,15). The monoisotopic (exact) mass is 216 g/mol. The summed E-state index contributed by atoms with van der Waals surface area (Å²) in [6, 6.07) is 5.80. The van der Waals surface area contributed by atoms with Crippen LogP contribution in [0.25, 0.3) is 11.4 Å². The normalized spacial score (nSPS) is 10.1. The van der Waals surface area contributed by atoms with Crippen molar-refractivity contribution in [2.75, 3.05) is 12.8 Å². The molecule has 0 saturated heterocycles. The third-order valence-corrected chi connectivity index (χ3v) is 2.19. The van der Waals surface area contributed by atoms with Gasteiger partial charge in [-0.1, -0.05) is 6.07 Å². The Bertz CT molecular complexity index is 513. The molecule has 1 heterocycles. The minimum atomic E-state index is 0.202. The van der Waals surface area contributed by atoms with E-state index in [1.807, 2.05) is 25.1 Å². The third-order valence-electron chi connectivity index (χ3n) is 2.19. The molecular weight excluding hydrogens is 204 g/mol. The molecule has 0 aliphatic carbocycles. The van der Waals surface area contributed by atoms with Gasteiger partial charge in [0.15, 0.2) is 5.82 Å². The van der Waals surface area contributed by atoms with Gasteiger partial charge >= 0.3 is 0 Å². The fraction of sp³-hybridized carbons (Fsp3) is 0.182. The van der Waals surface area contributed by atoms with E-state index in [0.717, 1.165) is 16.9 Å². The average Bonchev–Trinajstić information content (AvgIpc) is 2.28. The summed E-state index contributed by atoms with van der Waals surface area (Å²) in [5.74, 6) is 1.45. The summed E-state index contributed by atoms with van der Waals surface area (Å²) in [6.07, 6.45) is 1.39. The highest BCUT2D eigenvalue weighted by molar-refractivity contribution is 5.65. The molecule has 0 spiro atoms. The molecule has 0 aliphatic heterocycles. The van der Waals surface area contributed by atoms with Crippen LogP contribution in [0.4, 0.5) is 5.95 Å². The Kier molecular flexibility index (Phi) is 2.68. The highest BCUT2D eigenvalue weighted by Gasteiger charge is 2.08. The quantitative estimate of drug-likeness (QED) is 0.822. The molecule has 0 unspecified atom stereocenters. The number of nitrogens with zero attached hydrogens (tertiary/aromatic N) is 3. The number of aromatic nitrogens is 3. The first-order valence-corrected chi connectivity index (χ1v) is 4.80. The fourth-order valence-corrected chi connectivity index (χ4v) is 1.42. The maximum Gasteiger partial charge on any atom is 0.223 e. The lowest BCUT2D eigenvalue weighted by Gasteiger charge is -2.07. The predicted octanol–water partition coefficient (Wildman–Crippen LogP) is 1.44. The zero-order chi connectivity index (χ0) is 11.5. The van der Waals surface area contributed by atoms with Crippen LogP contribution in [0.5, 0.6) is 5.75 Å². The van der Waals surface area contributed by atoms with E-state index in [1.54, 1.807) is 7.11 Å². The topological polar surface area (TPSA) is 73.9 Å². The van der Waals surface area contributed by atoms with Crippen molar-refractivity contribution >= 4 is 5.95 Å². The van der Waals surface area contributed by atoms with Crippen LogP contribution in [0.2, 0.25) is 0 Å². The molecule has 1 aromatic carbocycles. The second-order valence-electron chi connectivity index (χ2n) is 3.37. The molecule has 0 aliphatic rings. The summed E-state index contributed by atoms with van der Waals surface area (Å²) in [5.41, 5.74) is 7.44. The molecular formula is C11H12N4O. The predicted molar refractivity (Wildman–Crippen MR) is 61.0 cm³/mol. The fourth-order valence-electron chi connectivity index (χ4n) is 1.42. The molecule has 0 fully saturated rings. The summed E-state index contributed by atoms with van der Waals surface area (Å²) < 4.78 is 5.28. The van der Waals surface area contributed by atoms with E-state index in [4.69, 9.17) is 10.5 Å². The van der Waals surface area contributed by atoms with Crippen LogP contribution in [0.15, 0.2) is 24.5 Å². The van der Waals surface area contributed by atoms with Crippen LogP contribution in [-0.4, -0.2) is 22.1 Å². The highest BCUT2D eigenvalue weighted by atomic mass is 16.5. The van der Waals surface area contributed by atoms with E-state index in [-0.39, 0.29) is 5.95 Å². The smallest absolute Gasteiger partial charge is 0.223 e. The van der Waals surface area contributed by atoms with E-state index in [1.165, 1.54) is 6.33 Å². The molecule has 1 aromatic heterocycles. The lowest BCUT2D eigenvalue weighted by Crippen LogP contribution is -1.99. The summed E-state index contributed by atoms with van der Waals surface area (Å²) in [6.45, 7) is 1.99. The summed E-state index contributed by atoms with van der Waals surface area (Å²) in [4.78, 5) is 11.9. The molecule has 2 N–H and O–H groups in total. The second kappa shape index (κ2) is 4.14. The lowest BCUT2D eigenvalue weighted by atomic mass is 10.1. The minimum Gasteiger partial charge on any atom is -0.496 e. The Morgan fingerprint density at radius 3 is 2.75 bits per heavy atom. The van der Waals surface area contributed by atoms with Crippen LogP contribution in [0, 0.1) is 6.92 Å². The number of hydrogen-bond acceptors (Lipinski definition) is 5. The molecule has 0 bridgehead atoms. The van der Waals surface area contributed by atoms with Crippen LogP contribution in [-0.2, 0) is 0 Å². The molecule has 2 aromatic rings. The van der Waals surface area contributed by atoms with Gasteiger partial charge < -0.3 is 10.5 Å². The van der Waals surface area contributed by atoms with Gasteiger partial charge in [0.05, 0.1) is 12.7 Å². The van der Waals surface area contributed by atoms with Gasteiger partial charge in [0.1, 0.15) is 12.1 Å². The molecule has 16 heavy (non-hydrogen) atoms. The van der Waals surface area contributed by atoms with Crippen molar-refractivity contribution in [3.05, 3.63) is 30.1 Å². The second-order valence-corrected chi connectivity index (χ2v) is 3.37. The van der Waals surface area contributed by atoms with Crippen molar-refractivity contribution in [1.29, 1.82) is 0 Å². The number of hydrogen-bond donors (Lipinski definition) is 1. The van der Waals surface area contributed by atoms with Gasteiger partial charge in [0.25, 0.3) is 0 Å². The first kappa shape index (κ1) is 10.4. The summed E-state index contributed by atoms with van der Waals surface area (Å²) >= 11 is 0. The zero-order valence-electron chi connectivity index (χ0n) is 9.14. The van der Waals surface area contributed by atoms with E-state index in [0.29, 0.717) is 5.82 Å². The van der Waals surface area contributed by atoms with E-state index in [9.17, 15) is 0 Å². The maximum atomic E-state index is 5.51. The van der Waals surface area contributed by atoms with E-state index >= 15 is 0 Å². The minimum absolute atomic E-state index is 0.202. The Morgan fingerprint density at radius 1 is 1.25 bits per heavy atom. The molecule has 2 rings (SSSR count). The molecule has 0 atom stereocenters. The lowest BCUT2D eigenvalue weighted by molar-refractivity contribution is 0.416. The van der Waals surface area contributed by atoms with Crippen molar-refractivity contribution in [3.63, 3.8) is 0 Å². The Balaban J connectivity index is 2.55. The molecule has 5 nitrogen and oxygen atoms in total. The third kappa shape index (κ3) is 1.93. The van der Waals surface area contributed by atoms with Gasteiger partial charge in [-0.15, -0.1) is 0 Å². The van der Waals surface area contributed by atoms with Gasteiger partial charge in [0, 0.05) is 0 Å². The Morgan fingerprint density at radius 2 is 2.06 bits per heavy atom. The first-order valence-electron chi connectivity index (χ1n) is 4.80. The number of nitrogens with two attached hydrogens (primary N) is 1. The average molecular weight is 216 g/mol. The number of nitrogen functional groups attached to an aromatic ring is 1. The largest absolute Gasteiger partial charge is 0.496 e. The van der Waals surface area contributed by atoms with Gasteiger partial charge in [-0.2, -0.15) is 4.98 Å². The van der Waals surface area contributed by atoms with Crippen LogP contribution in [0.3, 0.4) is 0 Å². The van der Waals surface area contributed by atoms with Crippen LogP contribution >= 0.6 is 0 Å². The number of rotatable bonds is 2. The summed E-state index contributed by atoms with van der Waals surface area (Å²) in [7, 11) is 1.61. The van der Waals surface area contributed by atoms with Crippen molar-refractivity contribution in [1.82, 2.24) is 15.0 Å². The molecule has 0 radical (unpaired) electrons. The number of ether oxygens (including phenoxy) is 1. The van der Waals surface area contributed by atoms with E-state index < -0.39 is 0 Å². The Hall–Kier alpha value is -2.17.